The number of para-hydroxylation sites is 2. The molecule has 0 unspecified atom stereocenters. The maximum atomic E-state index is 5.14. The zero-order valence-corrected chi connectivity index (χ0v) is 27.0. The smallest absolute Gasteiger partial charge is 0.0893 e. The summed E-state index contributed by atoms with van der Waals surface area (Å²) in [5, 5.41) is 6.98. The molecule has 0 saturated carbocycles. The lowest BCUT2D eigenvalue weighted by molar-refractivity contribution is 0.855. The summed E-state index contributed by atoms with van der Waals surface area (Å²) in [6, 6.07) is 48.8. The van der Waals surface area contributed by atoms with E-state index in [9.17, 15) is 0 Å². The van der Waals surface area contributed by atoms with Gasteiger partial charge in [0, 0.05) is 63.2 Å². The molecule has 6 heterocycles. The molecule has 0 spiro atoms. The van der Waals surface area contributed by atoms with E-state index in [4.69, 9.17) is 9.97 Å². The summed E-state index contributed by atoms with van der Waals surface area (Å²) in [4.78, 5) is 14.7. The van der Waals surface area contributed by atoms with Crippen LogP contribution in [0.15, 0.2) is 158 Å². The molecule has 6 heteroatoms. The molecular weight excluding hydrogens is 613 g/mol. The van der Waals surface area contributed by atoms with E-state index in [0.29, 0.717) is 0 Å². The van der Waals surface area contributed by atoms with Crippen molar-refractivity contribution in [3.63, 3.8) is 0 Å². The number of aromatic nitrogens is 5. The summed E-state index contributed by atoms with van der Waals surface area (Å²) < 4.78 is 4.66. The van der Waals surface area contributed by atoms with Crippen LogP contribution in [0.2, 0.25) is 0 Å². The van der Waals surface area contributed by atoms with Crippen LogP contribution in [0.5, 0.6) is 0 Å². The Labute approximate surface area is 288 Å². The van der Waals surface area contributed by atoms with Crippen molar-refractivity contribution in [1.82, 2.24) is 29.4 Å². The number of hydrogen-bond donors (Lipinski definition) is 1. The Morgan fingerprint density at radius 1 is 0.500 bits per heavy atom. The SMILES string of the molecule is C1=Cc2c(c3ccccc3n2-c2cccc(-c3cccc(-c4cccc(-c5cccc(-n6c7ccccc7c7cnccc76)c5)n4)n3)c2)CN1. The topological polar surface area (TPSA) is 60.6 Å². The van der Waals surface area contributed by atoms with Gasteiger partial charge in [-0.25, -0.2) is 9.97 Å². The Morgan fingerprint density at radius 3 is 1.80 bits per heavy atom. The van der Waals surface area contributed by atoms with E-state index in [2.05, 4.69) is 153 Å². The van der Waals surface area contributed by atoms with Crippen LogP contribution in [0.25, 0.3) is 84.1 Å². The van der Waals surface area contributed by atoms with Crippen molar-refractivity contribution in [3.05, 3.63) is 169 Å². The van der Waals surface area contributed by atoms with Crippen molar-refractivity contribution in [2.75, 3.05) is 0 Å². The summed E-state index contributed by atoms with van der Waals surface area (Å²) in [5.41, 5.74) is 13.8. The lowest BCUT2D eigenvalue weighted by Gasteiger charge is -2.14. The van der Waals surface area contributed by atoms with Crippen LogP contribution >= 0.6 is 0 Å². The lowest BCUT2D eigenvalue weighted by atomic mass is 10.1. The molecule has 4 aromatic carbocycles. The van der Waals surface area contributed by atoms with E-state index in [1.165, 1.54) is 27.5 Å². The second kappa shape index (κ2) is 11.4. The van der Waals surface area contributed by atoms with Gasteiger partial charge >= 0.3 is 0 Å². The zero-order valence-electron chi connectivity index (χ0n) is 27.0. The Kier molecular flexibility index (Phi) is 6.45. The maximum Gasteiger partial charge on any atom is 0.0893 e. The number of nitrogens with one attached hydrogen (secondary N) is 1. The van der Waals surface area contributed by atoms with E-state index < -0.39 is 0 Å². The van der Waals surface area contributed by atoms with Crippen LogP contribution in [0.3, 0.4) is 0 Å². The van der Waals surface area contributed by atoms with Gasteiger partial charge < -0.3 is 14.5 Å². The third kappa shape index (κ3) is 4.54. The minimum atomic E-state index is 0.816. The number of pyridine rings is 3. The highest BCUT2D eigenvalue weighted by Crippen LogP contribution is 2.35. The minimum Gasteiger partial charge on any atom is -0.387 e. The fourth-order valence-corrected chi connectivity index (χ4v) is 7.44. The first-order valence-electron chi connectivity index (χ1n) is 16.8. The first-order valence-corrected chi connectivity index (χ1v) is 16.8. The summed E-state index contributed by atoms with van der Waals surface area (Å²) in [6.07, 6.45) is 8.00. The number of rotatable bonds is 5. The van der Waals surface area contributed by atoms with Gasteiger partial charge in [0.1, 0.15) is 0 Å². The van der Waals surface area contributed by atoms with Crippen molar-refractivity contribution in [2.24, 2.45) is 0 Å². The third-order valence-corrected chi connectivity index (χ3v) is 9.69. The van der Waals surface area contributed by atoms with Crippen molar-refractivity contribution in [3.8, 4) is 45.3 Å². The van der Waals surface area contributed by atoms with E-state index in [1.54, 1.807) is 0 Å². The molecule has 50 heavy (non-hydrogen) atoms. The van der Waals surface area contributed by atoms with Gasteiger partial charge in [0.2, 0.25) is 0 Å². The quantitative estimate of drug-likeness (QED) is 0.203. The first-order chi connectivity index (χ1) is 24.8. The Morgan fingerprint density at radius 2 is 1.08 bits per heavy atom. The lowest BCUT2D eigenvalue weighted by Crippen LogP contribution is -2.10. The molecule has 10 rings (SSSR count). The average Bonchev–Trinajstić information content (AvgIpc) is 3.71. The Hall–Kier alpha value is -6.79. The second-order valence-corrected chi connectivity index (χ2v) is 12.6. The molecule has 1 aliphatic heterocycles. The predicted molar refractivity (Wildman–Crippen MR) is 203 cm³/mol. The normalized spacial score (nSPS) is 12.4. The van der Waals surface area contributed by atoms with Gasteiger partial charge in [-0.15, -0.1) is 0 Å². The highest BCUT2D eigenvalue weighted by molar-refractivity contribution is 6.08. The molecule has 0 radical (unpaired) electrons. The van der Waals surface area contributed by atoms with Crippen molar-refractivity contribution >= 4 is 38.8 Å². The zero-order chi connectivity index (χ0) is 33.0. The molecule has 1 aliphatic rings. The molecule has 0 amide bonds. The first kappa shape index (κ1) is 28.2. The van der Waals surface area contributed by atoms with Crippen LogP contribution in [0.4, 0.5) is 0 Å². The van der Waals surface area contributed by atoms with Crippen LogP contribution < -0.4 is 5.32 Å². The highest BCUT2D eigenvalue weighted by atomic mass is 15.0. The molecule has 1 N–H and O–H groups in total. The Bertz CT molecular complexity index is 2730. The van der Waals surface area contributed by atoms with Crippen LogP contribution in [0, 0.1) is 0 Å². The van der Waals surface area contributed by atoms with Crippen molar-refractivity contribution < 1.29 is 0 Å². The highest BCUT2D eigenvalue weighted by Gasteiger charge is 2.19. The molecule has 0 atom stereocenters. The average molecular weight is 643 g/mol. The molecule has 236 valence electrons. The largest absolute Gasteiger partial charge is 0.387 e. The molecule has 6 nitrogen and oxygen atoms in total. The molecule has 0 bridgehead atoms. The number of fused-ring (bicyclic) bond motifs is 6. The fraction of sp³-hybridized carbons (Fsp3) is 0.0227. The van der Waals surface area contributed by atoms with Crippen LogP contribution in [-0.4, -0.2) is 24.1 Å². The minimum absolute atomic E-state index is 0.816. The Balaban J connectivity index is 1.02. The van der Waals surface area contributed by atoms with E-state index >= 15 is 0 Å². The molecule has 0 aliphatic carbocycles. The van der Waals surface area contributed by atoms with Gasteiger partial charge in [0.25, 0.3) is 0 Å². The summed E-state index contributed by atoms with van der Waals surface area (Å²) in [7, 11) is 0. The predicted octanol–water partition coefficient (Wildman–Crippen LogP) is 9.99. The van der Waals surface area contributed by atoms with E-state index in [-0.39, 0.29) is 0 Å². The van der Waals surface area contributed by atoms with Crippen molar-refractivity contribution in [2.45, 2.75) is 6.54 Å². The monoisotopic (exact) mass is 642 g/mol. The van der Waals surface area contributed by atoms with Crippen LogP contribution in [-0.2, 0) is 6.54 Å². The molecular formula is C44H30N6. The second-order valence-electron chi connectivity index (χ2n) is 12.6. The molecule has 0 fully saturated rings. The maximum absolute atomic E-state index is 5.14. The van der Waals surface area contributed by atoms with Gasteiger partial charge in [-0.3, -0.25) is 4.98 Å². The van der Waals surface area contributed by atoms with Gasteiger partial charge in [-0.05, 0) is 79.0 Å². The fourth-order valence-electron chi connectivity index (χ4n) is 7.44. The van der Waals surface area contributed by atoms with Crippen molar-refractivity contribution in [1.29, 1.82) is 0 Å². The van der Waals surface area contributed by atoms with E-state index in [1.807, 2.05) is 30.7 Å². The summed E-state index contributed by atoms with van der Waals surface area (Å²) in [6.45, 7) is 0.816. The number of hydrogen-bond acceptors (Lipinski definition) is 4. The third-order valence-electron chi connectivity index (χ3n) is 9.69. The van der Waals surface area contributed by atoms with Gasteiger partial charge in [-0.1, -0.05) is 72.8 Å². The summed E-state index contributed by atoms with van der Waals surface area (Å²) in [5.74, 6) is 0. The molecule has 0 saturated heterocycles. The number of benzene rings is 4. The summed E-state index contributed by atoms with van der Waals surface area (Å²) >= 11 is 0. The molecule has 9 aromatic rings. The molecule has 5 aromatic heterocycles. The van der Waals surface area contributed by atoms with Gasteiger partial charge in [0.15, 0.2) is 0 Å². The van der Waals surface area contributed by atoms with Gasteiger partial charge in [-0.2, -0.15) is 0 Å². The van der Waals surface area contributed by atoms with Crippen LogP contribution in [0.1, 0.15) is 11.3 Å². The van der Waals surface area contributed by atoms with E-state index in [0.717, 1.165) is 68.2 Å². The number of nitrogens with zero attached hydrogens (tertiary/aromatic N) is 5. The van der Waals surface area contributed by atoms with Gasteiger partial charge in [0.05, 0.1) is 45.0 Å². The standard InChI is InChI=1S/C44H30N6/c1-3-19-41-33(13-1)35-27-45-23-21-43(35)49(41)31-11-5-9-29(25-31)37-15-7-17-39(47-37)40-18-8-16-38(48-40)30-10-6-12-32(26-30)50-42-20-4-2-14-34(42)36-28-46-24-22-44(36)50/h1-27,46H,28H2.